The zero-order valence-corrected chi connectivity index (χ0v) is 11.6. The van der Waals surface area contributed by atoms with Crippen molar-refractivity contribution in [3.63, 3.8) is 0 Å². The number of carbonyl (C=O) groups excluding carboxylic acids is 1. The smallest absolute Gasteiger partial charge is 0.227 e. The van der Waals surface area contributed by atoms with Gasteiger partial charge in [-0.3, -0.25) is 4.79 Å². The summed E-state index contributed by atoms with van der Waals surface area (Å²) in [7, 11) is 1.63. The van der Waals surface area contributed by atoms with E-state index >= 15 is 0 Å². The lowest BCUT2D eigenvalue weighted by atomic mass is 9.99. The van der Waals surface area contributed by atoms with Gasteiger partial charge in [-0.1, -0.05) is 12.1 Å². The Morgan fingerprint density at radius 1 is 1.53 bits per heavy atom. The van der Waals surface area contributed by atoms with Gasteiger partial charge in [-0.2, -0.15) is 0 Å². The van der Waals surface area contributed by atoms with E-state index in [0.29, 0.717) is 12.5 Å². The van der Waals surface area contributed by atoms with E-state index in [1.807, 2.05) is 31.2 Å². The van der Waals surface area contributed by atoms with E-state index in [2.05, 4.69) is 5.32 Å². The van der Waals surface area contributed by atoms with Crippen LogP contribution in [0.3, 0.4) is 0 Å². The molecule has 0 aromatic heterocycles. The van der Waals surface area contributed by atoms with Gasteiger partial charge in [0, 0.05) is 12.6 Å². The topological polar surface area (TPSA) is 64.3 Å². The van der Waals surface area contributed by atoms with E-state index in [9.17, 15) is 4.79 Å². The second kappa shape index (κ2) is 6.06. The highest BCUT2D eigenvalue weighted by molar-refractivity contribution is 5.83. The van der Waals surface area contributed by atoms with Gasteiger partial charge in [0.25, 0.3) is 0 Å². The molecule has 1 aromatic carbocycles. The number of rotatable bonds is 6. The van der Waals surface area contributed by atoms with Crippen molar-refractivity contribution in [1.82, 2.24) is 5.32 Å². The third-order valence-corrected chi connectivity index (χ3v) is 3.76. The SMILES string of the molecule is COc1cccc(C(C)C(=O)NC(CN)C2CC2)c1. The number of benzene rings is 1. The molecule has 1 saturated carbocycles. The predicted octanol–water partition coefficient (Wildman–Crippen LogP) is 1.65. The number of nitrogens with one attached hydrogen (secondary N) is 1. The maximum atomic E-state index is 12.2. The number of hydrogen-bond acceptors (Lipinski definition) is 3. The summed E-state index contributed by atoms with van der Waals surface area (Å²) in [5, 5.41) is 3.06. The first-order valence-corrected chi connectivity index (χ1v) is 6.80. The van der Waals surface area contributed by atoms with Crippen molar-refractivity contribution in [1.29, 1.82) is 0 Å². The highest BCUT2D eigenvalue weighted by Gasteiger charge is 2.32. The van der Waals surface area contributed by atoms with Gasteiger partial charge in [-0.05, 0) is 43.4 Å². The van der Waals surface area contributed by atoms with Crippen LogP contribution in [0.1, 0.15) is 31.2 Å². The lowest BCUT2D eigenvalue weighted by molar-refractivity contribution is -0.123. The molecule has 1 amide bonds. The van der Waals surface area contributed by atoms with Gasteiger partial charge in [0.1, 0.15) is 5.75 Å². The summed E-state index contributed by atoms with van der Waals surface area (Å²) < 4.78 is 5.18. The molecule has 19 heavy (non-hydrogen) atoms. The summed E-state index contributed by atoms with van der Waals surface area (Å²) in [4.78, 5) is 12.2. The lowest BCUT2D eigenvalue weighted by Crippen LogP contribution is -2.43. The zero-order valence-electron chi connectivity index (χ0n) is 11.6. The quantitative estimate of drug-likeness (QED) is 0.819. The molecule has 0 aliphatic heterocycles. The van der Waals surface area contributed by atoms with E-state index in [4.69, 9.17) is 10.5 Å². The monoisotopic (exact) mass is 262 g/mol. The Morgan fingerprint density at radius 2 is 2.26 bits per heavy atom. The molecule has 1 fully saturated rings. The van der Waals surface area contributed by atoms with Crippen LogP contribution < -0.4 is 15.8 Å². The van der Waals surface area contributed by atoms with Crippen LogP contribution in [0.25, 0.3) is 0 Å². The maximum Gasteiger partial charge on any atom is 0.227 e. The summed E-state index contributed by atoms with van der Waals surface area (Å²) in [5.41, 5.74) is 6.67. The Bertz CT molecular complexity index is 444. The molecule has 1 aliphatic rings. The van der Waals surface area contributed by atoms with E-state index in [1.54, 1.807) is 7.11 Å². The molecule has 0 spiro atoms. The minimum absolute atomic E-state index is 0.0376. The zero-order chi connectivity index (χ0) is 13.8. The van der Waals surface area contributed by atoms with Gasteiger partial charge in [0.2, 0.25) is 5.91 Å². The van der Waals surface area contributed by atoms with Crippen molar-refractivity contribution in [2.75, 3.05) is 13.7 Å². The van der Waals surface area contributed by atoms with Crippen LogP contribution in [0.15, 0.2) is 24.3 Å². The molecule has 2 rings (SSSR count). The molecule has 0 bridgehead atoms. The van der Waals surface area contributed by atoms with E-state index in [-0.39, 0.29) is 17.9 Å². The largest absolute Gasteiger partial charge is 0.497 e. The first-order valence-electron chi connectivity index (χ1n) is 6.80. The van der Waals surface area contributed by atoms with Gasteiger partial charge in [0.15, 0.2) is 0 Å². The summed E-state index contributed by atoms with van der Waals surface area (Å²) in [6.45, 7) is 2.42. The third kappa shape index (κ3) is 3.47. The van der Waals surface area contributed by atoms with Gasteiger partial charge < -0.3 is 15.8 Å². The Hall–Kier alpha value is -1.55. The Balaban J connectivity index is 2.00. The molecule has 104 valence electrons. The normalized spacial score (nSPS) is 17.6. The van der Waals surface area contributed by atoms with Crippen molar-refractivity contribution in [2.45, 2.75) is 31.7 Å². The second-order valence-electron chi connectivity index (χ2n) is 5.19. The first-order chi connectivity index (χ1) is 9.15. The number of hydrogen-bond donors (Lipinski definition) is 2. The number of nitrogens with two attached hydrogens (primary N) is 1. The fourth-order valence-electron chi connectivity index (χ4n) is 2.24. The van der Waals surface area contributed by atoms with Crippen molar-refractivity contribution in [2.24, 2.45) is 11.7 Å². The standard InChI is InChI=1S/C15H22N2O2/c1-10(12-4-3-5-13(8-12)19-2)15(18)17-14(9-16)11-6-7-11/h3-5,8,10-11,14H,6-7,9,16H2,1-2H3,(H,17,18). The average Bonchev–Trinajstić information content (AvgIpc) is 3.28. The molecule has 0 saturated heterocycles. The molecule has 0 radical (unpaired) electrons. The fraction of sp³-hybridized carbons (Fsp3) is 0.533. The lowest BCUT2D eigenvalue weighted by Gasteiger charge is -2.19. The third-order valence-electron chi connectivity index (χ3n) is 3.76. The minimum Gasteiger partial charge on any atom is -0.497 e. The molecular weight excluding hydrogens is 240 g/mol. The highest BCUT2D eigenvalue weighted by Crippen LogP contribution is 2.32. The number of ether oxygens (including phenoxy) is 1. The summed E-state index contributed by atoms with van der Waals surface area (Å²) in [5.74, 6) is 1.19. The van der Waals surface area contributed by atoms with E-state index in [1.165, 1.54) is 12.8 Å². The average molecular weight is 262 g/mol. The highest BCUT2D eigenvalue weighted by atomic mass is 16.5. The predicted molar refractivity (Wildman–Crippen MR) is 75.1 cm³/mol. The minimum atomic E-state index is -0.192. The van der Waals surface area contributed by atoms with Crippen LogP contribution in [0.4, 0.5) is 0 Å². The van der Waals surface area contributed by atoms with Crippen molar-refractivity contribution in [3.8, 4) is 5.75 Å². The molecule has 1 aromatic rings. The van der Waals surface area contributed by atoms with Crippen LogP contribution in [0.2, 0.25) is 0 Å². The van der Waals surface area contributed by atoms with Crippen molar-refractivity contribution < 1.29 is 9.53 Å². The number of carbonyl (C=O) groups is 1. The molecule has 4 nitrogen and oxygen atoms in total. The molecule has 0 heterocycles. The summed E-state index contributed by atoms with van der Waals surface area (Å²) in [6.07, 6.45) is 2.35. The second-order valence-corrected chi connectivity index (χ2v) is 5.19. The Morgan fingerprint density at radius 3 is 2.84 bits per heavy atom. The number of methoxy groups -OCH3 is 1. The van der Waals surface area contributed by atoms with E-state index in [0.717, 1.165) is 11.3 Å². The number of amides is 1. The Labute approximate surface area is 114 Å². The Kier molecular flexibility index (Phi) is 4.43. The molecule has 2 unspecified atom stereocenters. The summed E-state index contributed by atoms with van der Waals surface area (Å²) in [6, 6.07) is 7.75. The van der Waals surface area contributed by atoms with Gasteiger partial charge in [-0.25, -0.2) is 0 Å². The molecular formula is C15H22N2O2. The van der Waals surface area contributed by atoms with Crippen molar-refractivity contribution >= 4 is 5.91 Å². The van der Waals surface area contributed by atoms with Gasteiger partial charge in [-0.15, -0.1) is 0 Å². The van der Waals surface area contributed by atoms with Crippen LogP contribution >= 0.6 is 0 Å². The molecule has 1 aliphatic carbocycles. The molecule has 2 atom stereocenters. The van der Waals surface area contributed by atoms with Crippen molar-refractivity contribution in [3.05, 3.63) is 29.8 Å². The van der Waals surface area contributed by atoms with Gasteiger partial charge >= 0.3 is 0 Å². The maximum absolute atomic E-state index is 12.2. The molecule has 4 heteroatoms. The van der Waals surface area contributed by atoms with Crippen LogP contribution in [0.5, 0.6) is 5.75 Å². The van der Waals surface area contributed by atoms with Crippen LogP contribution in [-0.2, 0) is 4.79 Å². The fourth-order valence-corrected chi connectivity index (χ4v) is 2.24. The van der Waals surface area contributed by atoms with Crippen LogP contribution in [-0.4, -0.2) is 25.6 Å². The molecule has 3 N–H and O–H groups in total. The van der Waals surface area contributed by atoms with Gasteiger partial charge in [0.05, 0.1) is 13.0 Å². The first kappa shape index (κ1) is 13.9. The summed E-state index contributed by atoms with van der Waals surface area (Å²) >= 11 is 0. The van der Waals surface area contributed by atoms with E-state index < -0.39 is 0 Å². The van der Waals surface area contributed by atoms with Crippen LogP contribution in [0, 0.1) is 5.92 Å².